The number of benzene rings is 1. The molecule has 0 atom stereocenters. The maximum atomic E-state index is 10.7. The van der Waals surface area contributed by atoms with Crippen molar-refractivity contribution in [3.63, 3.8) is 0 Å². The number of carbonyl (C=O) groups is 2. The number of carboxylic acids is 1. The topological polar surface area (TPSA) is 78.2 Å². The molecule has 4 nitrogen and oxygen atoms in total. The van der Waals surface area contributed by atoms with Gasteiger partial charge in [0.15, 0.2) is 6.29 Å². The van der Waals surface area contributed by atoms with Crippen LogP contribution in [0.25, 0.3) is 0 Å². The lowest BCUT2D eigenvalue weighted by Crippen LogP contribution is -2.04. The maximum Gasteiger partial charge on any atom is 0.335 e. The molecule has 0 unspecified atom stereocenters. The largest absolute Gasteiger partial charge is 0.478 e. The van der Waals surface area contributed by atoms with Gasteiger partial charge in [-0.1, -0.05) is 0 Å². The molecule has 0 heterocycles. The van der Waals surface area contributed by atoms with Gasteiger partial charge in [0.25, 0.3) is 0 Å². The summed E-state index contributed by atoms with van der Waals surface area (Å²) < 4.78 is 0. The third-order valence-corrected chi connectivity index (χ3v) is 1.98. The standard InChI is InChI=1S/C10H7NO3/c1-6-8(10(13)14)3-2-7(4-11)9(6)5-12/h2-3,5H,1H3,(H,13,14). The summed E-state index contributed by atoms with van der Waals surface area (Å²) in [6, 6.07) is 4.49. The molecule has 0 radical (unpaired) electrons. The van der Waals surface area contributed by atoms with E-state index in [1.54, 1.807) is 0 Å². The van der Waals surface area contributed by atoms with Gasteiger partial charge in [0.2, 0.25) is 0 Å². The SMILES string of the molecule is Cc1c(C(=O)O)ccc(C#N)c1C=O. The molecular formula is C10H7NO3. The van der Waals surface area contributed by atoms with E-state index in [1.165, 1.54) is 19.1 Å². The minimum Gasteiger partial charge on any atom is -0.478 e. The molecule has 1 N–H and O–H groups in total. The Morgan fingerprint density at radius 1 is 1.57 bits per heavy atom. The fourth-order valence-electron chi connectivity index (χ4n) is 1.21. The molecule has 0 fully saturated rings. The molecule has 70 valence electrons. The van der Waals surface area contributed by atoms with Crippen LogP contribution in [-0.2, 0) is 0 Å². The van der Waals surface area contributed by atoms with Crippen LogP contribution in [0.3, 0.4) is 0 Å². The Hall–Kier alpha value is -2.15. The van der Waals surface area contributed by atoms with Gasteiger partial charge in [-0.3, -0.25) is 4.79 Å². The minimum atomic E-state index is -1.10. The van der Waals surface area contributed by atoms with Gasteiger partial charge >= 0.3 is 5.97 Å². The first kappa shape index (κ1) is 9.93. The van der Waals surface area contributed by atoms with Crippen molar-refractivity contribution < 1.29 is 14.7 Å². The van der Waals surface area contributed by atoms with Crippen LogP contribution in [0.1, 0.15) is 31.8 Å². The number of carboxylic acid groups (broad SMARTS) is 1. The van der Waals surface area contributed by atoms with Crippen molar-refractivity contribution >= 4 is 12.3 Å². The number of hydrogen-bond donors (Lipinski definition) is 1. The fraction of sp³-hybridized carbons (Fsp3) is 0.100. The Kier molecular flexibility index (Phi) is 2.63. The third kappa shape index (κ3) is 1.48. The highest BCUT2D eigenvalue weighted by atomic mass is 16.4. The van der Waals surface area contributed by atoms with E-state index in [-0.39, 0.29) is 16.7 Å². The van der Waals surface area contributed by atoms with Gasteiger partial charge in [-0.05, 0) is 24.6 Å². The quantitative estimate of drug-likeness (QED) is 0.713. The second kappa shape index (κ2) is 3.71. The minimum absolute atomic E-state index is 0.0473. The molecule has 0 spiro atoms. The average molecular weight is 189 g/mol. The van der Waals surface area contributed by atoms with E-state index in [9.17, 15) is 9.59 Å². The van der Waals surface area contributed by atoms with E-state index in [1.807, 2.05) is 6.07 Å². The monoisotopic (exact) mass is 189 g/mol. The molecule has 1 aromatic carbocycles. The molecule has 0 amide bonds. The lowest BCUT2D eigenvalue weighted by Gasteiger charge is -2.04. The van der Waals surface area contributed by atoms with Crippen LogP contribution in [0.15, 0.2) is 12.1 Å². The number of hydrogen-bond acceptors (Lipinski definition) is 3. The first-order valence-electron chi connectivity index (χ1n) is 3.84. The Morgan fingerprint density at radius 3 is 2.64 bits per heavy atom. The number of nitrogens with zero attached hydrogens (tertiary/aromatic N) is 1. The van der Waals surface area contributed by atoms with Gasteiger partial charge in [0.1, 0.15) is 0 Å². The summed E-state index contributed by atoms with van der Waals surface area (Å²) >= 11 is 0. The summed E-state index contributed by atoms with van der Waals surface area (Å²) in [5, 5.41) is 17.4. The van der Waals surface area contributed by atoms with Crippen molar-refractivity contribution in [1.82, 2.24) is 0 Å². The van der Waals surface area contributed by atoms with Crippen molar-refractivity contribution in [1.29, 1.82) is 5.26 Å². The van der Waals surface area contributed by atoms with E-state index < -0.39 is 5.97 Å². The molecule has 1 rings (SSSR count). The molecule has 0 saturated carbocycles. The highest BCUT2D eigenvalue weighted by Crippen LogP contribution is 2.16. The zero-order valence-corrected chi connectivity index (χ0v) is 7.44. The summed E-state index contributed by atoms with van der Waals surface area (Å²) in [6.45, 7) is 1.51. The fourth-order valence-corrected chi connectivity index (χ4v) is 1.21. The van der Waals surface area contributed by atoms with Crippen LogP contribution in [-0.4, -0.2) is 17.4 Å². The van der Waals surface area contributed by atoms with E-state index in [2.05, 4.69) is 0 Å². The second-order valence-electron chi connectivity index (χ2n) is 2.73. The highest BCUT2D eigenvalue weighted by molar-refractivity contribution is 5.94. The van der Waals surface area contributed by atoms with E-state index >= 15 is 0 Å². The van der Waals surface area contributed by atoms with Crippen LogP contribution in [0.5, 0.6) is 0 Å². The van der Waals surface area contributed by atoms with Crippen LogP contribution >= 0.6 is 0 Å². The predicted molar refractivity (Wildman–Crippen MR) is 48.2 cm³/mol. The third-order valence-electron chi connectivity index (χ3n) is 1.98. The van der Waals surface area contributed by atoms with Crippen molar-refractivity contribution in [2.24, 2.45) is 0 Å². The van der Waals surface area contributed by atoms with Gasteiger partial charge in [-0.2, -0.15) is 5.26 Å². The molecule has 0 saturated heterocycles. The Labute approximate surface area is 80.4 Å². The predicted octanol–water partition coefficient (Wildman–Crippen LogP) is 1.38. The second-order valence-corrected chi connectivity index (χ2v) is 2.73. The lowest BCUT2D eigenvalue weighted by atomic mass is 9.98. The van der Waals surface area contributed by atoms with Crippen LogP contribution in [0.4, 0.5) is 0 Å². The van der Waals surface area contributed by atoms with Gasteiger partial charge in [-0.15, -0.1) is 0 Å². The van der Waals surface area contributed by atoms with Gasteiger partial charge in [-0.25, -0.2) is 4.79 Å². The Balaban J connectivity index is 3.52. The lowest BCUT2D eigenvalue weighted by molar-refractivity contribution is 0.0696. The summed E-state index contributed by atoms with van der Waals surface area (Å²) in [5.41, 5.74) is 0.715. The van der Waals surface area contributed by atoms with Crippen molar-refractivity contribution in [2.45, 2.75) is 6.92 Å². The van der Waals surface area contributed by atoms with Gasteiger partial charge < -0.3 is 5.11 Å². The molecule has 1 aromatic rings. The van der Waals surface area contributed by atoms with E-state index in [0.29, 0.717) is 11.8 Å². The number of aromatic carboxylic acids is 1. The Morgan fingerprint density at radius 2 is 2.21 bits per heavy atom. The van der Waals surface area contributed by atoms with E-state index in [0.717, 1.165) is 0 Å². The van der Waals surface area contributed by atoms with Crippen molar-refractivity contribution in [3.05, 3.63) is 34.4 Å². The molecule has 14 heavy (non-hydrogen) atoms. The summed E-state index contributed by atoms with van der Waals surface area (Å²) in [6.07, 6.45) is 0.500. The zero-order chi connectivity index (χ0) is 10.7. The number of aldehydes is 1. The van der Waals surface area contributed by atoms with Crippen molar-refractivity contribution in [2.75, 3.05) is 0 Å². The summed E-state index contributed by atoms with van der Waals surface area (Å²) in [4.78, 5) is 21.3. The van der Waals surface area contributed by atoms with Crippen molar-refractivity contribution in [3.8, 4) is 6.07 Å². The molecule has 0 aliphatic rings. The molecular weight excluding hydrogens is 182 g/mol. The smallest absolute Gasteiger partial charge is 0.335 e. The molecule has 0 bridgehead atoms. The first-order valence-corrected chi connectivity index (χ1v) is 3.84. The van der Waals surface area contributed by atoms with Gasteiger partial charge in [0.05, 0.1) is 17.2 Å². The molecule has 0 aliphatic heterocycles. The normalized spacial score (nSPS) is 9.14. The van der Waals surface area contributed by atoms with E-state index in [4.69, 9.17) is 10.4 Å². The van der Waals surface area contributed by atoms with Crippen LogP contribution in [0.2, 0.25) is 0 Å². The molecule has 0 aromatic heterocycles. The summed E-state index contributed by atoms with van der Waals surface area (Å²) in [7, 11) is 0. The molecule has 0 aliphatic carbocycles. The first-order chi connectivity index (χ1) is 6.61. The zero-order valence-electron chi connectivity index (χ0n) is 7.44. The van der Waals surface area contributed by atoms with Gasteiger partial charge in [0, 0.05) is 5.56 Å². The average Bonchev–Trinajstić information content (AvgIpc) is 2.16. The number of carbonyl (C=O) groups excluding carboxylic acids is 1. The summed E-state index contributed by atoms with van der Waals surface area (Å²) in [5.74, 6) is -1.10. The maximum absolute atomic E-state index is 10.7. The van der Waals surface area contributed by atoms with Crippen LogP contribution < -0.4 is 0 Å². The number of rotatable bonds is 2. The highest BCUT2D eigenvalue weighted by Gasteiger charge is 2.13. The van der Waals surface area contributed by atoms with Crippen LogP contribution in [0, 0.1) is 18.3 Å². The number of nitriles is 1. The Bertz CT molecular complexity index is 443. The molecule has 4 heteroatoms.